The summed E-state index contributed by atoms with van der Waals surface area (Å²) in [6.07, 6.45) is 25.2. The van der Waals surface area contributed by atoms with Gasteiger partial charge in [-0.1, -0.05) is 74.2 Å². The maximum atomic E-state index is 12.7. The summed E-state index contributed by atoms with van der Waals surface area (Å²) in [5.41, 5.74) is 5.51. The quantitative estimate of drug-likeness (QED) is 0.108. The van der Waals surface area contributed by atoms with Crippen LogP contribution < -0.4 is 0 Å². The predicted octanol–water partition coefficient (Wildman–Crippen LogP) is 12.6. The number of carbonyl (C=O) groups excluding carboxylic acids is 2. The maximum absolute atomic E-state index is 12.7. The van der Waals surface area contributed by atoms with Crippen LogP contribution in [0.3, 0.4) is 0 Å². The molecule has 0 spiro atoms. The van der Waals surface area contributed by atoms with E-state index in [1.807, 2.05) is 60.0 Å². The van der Waals surface area contributed by atoms with Crippen molar-refractivity contribution in [3.05, 3.63) is 108 Å². The highest BCUT2D eigenvalue weighted by Gasteiger charge is 2.45. The van der Waals surface area contributed by atoms with E-state index < -0.39 is 0 Å². The molecule has 280 valence electrons. The minimum atomic E-state index is -0.250. The van der Waals surface area contributed by atoms with Crippen molar-refractivity contribution in [2.24, 2.45) is 0 Å². The molecule has 0 radical (unpaired) electrons. The molecule has 1 N–H and O–H groups in total. The molecule has 0 aromatic carbocycles. The first-order chi connectivity index (χ1) is 25.8. The van der Waals surface area contributed by atoms with Crippen LogP contribution in [0.25, 0.3) is 6.08 Å². The Hall–Kier alpha value is -3.31. The lowest BCUT2D eigenvalue weighted by molar-refractivity contribution is -0.149. The Balaban J connectivity index is 0.00000155. The van der Waals surface area contributed by atoms with Crippen LogP contribution in [0, 0.1) is 0 Å². The fraction of sp³-hybridized carbons (Fsp3) is 0.419. The fourth-order valence-electron chi connectivity index (χ4n) is 7.35. The van der Waals surface area contributed by atoms with Gasteiger partial charge in [-0.25, -0.2) is 0 Å². The van der Waals surface area contributed by atoms with Crippen molar-refractivity contribution < 1.29 is 29.0 Å². The molecule has 2 aliphatic heterocycles. The van der Waals surface area contributed by atoms with Gasteiger partial charge < -0.3 is 14.6 Å². The van der Waals surface area contributed by atoms with E-state index in [-0.39, 0.29) is 36.9 Å². The Labute approximate surface area is 329 Å². The molecule has 1 saturated carbocycles. The maximum Gasteiger partial charge on any atom is 0.306 e. The molecule has 4 heterocycles. The lowest BCUT2D eigenvalue weighted by Crippen LogP contribution is -2.11. The van der Waals surface area contributed by atoms with Crippen LogP contribution >= 0.6 is 46.2 Å². The summed E-state index contributed by atoms with van der Waals surface area (Å²) in [7, 11) is 0. The van der Waals surface area contributed by atoms with Gasteiger partial charge in [0.25, 0.3) is 6.47 Å². The zero-order valence-corrected chi connectivity index (χ0v) is 33.7. The standard InChI is InChI=1S/C42H46O4S4.CH2O2/c1-4-12-31(43)18-26(3)45-32(19-27-14-8-6-9-15-27)34-23-36-37(48-34)22-29-21-30(25-47-36)40-41(29)50-38-24-35(49-42(38)40)33(46-39(44)13-5-2)20-28-16-10-7-11-17-28;2-1-3/h8,10,14-17,22-25,32-33,40-41H,3-7,9,11-13,18-21H2,1-2H3;1H,(H,2,3)/b29-22+,30-25+;. The number of rotatable bonds is 15. The molecule has 4 unspecified atom stereocenters. The van der Waals surface area contributed by atoms with Crippen molar-refractivity contribution >= 4 is 70.5 Å². The van der Waals surface area contributed by atoms with Gasteiger partial charge >= 0.3 is 5.97 Å². The van der Waals surface area contributed by atoms with E-state index in [0.29, 0.717) is 29.8 Å². The molecule has 10 heteroatoms. The number of esters is 1. The molecule has 0 saturated heterocycles. The molecule has 3 aliphatic carbocycles. The Morgan fingerprint density at radius 2 is 1.55 bits per heavy atom. The highest BCUT2D eigenvalue weighted by molar-refractivity contribution is 8.02. The van der Waals surface area contributed by atoms with Crippen LogP contribution in [-0.2, 0) is 23.9 Å². The van der Waals surface area contributed by atoms with Crippen molar-refractivity contribution in [2.75, 3.05) is 0 Å². The Morgan fingerprint density at radius 3 is 2.19 bits per heavy atom. The number of ketones is 1. The molecule has 5 aliphatic rings. The van der Waals surface area contributed by atoms with E-state index in [4.69, 9.17) is 19.4 Å². The number of allylic oxidation sites excluding steroid dienone is 8. The van der Waals surface area contributed by atoms with E-state index in [1.54, 1.807) is 0 Å². The first-order valence-electron chi connectivity index (χ1n) is 18.6. The Bertz CT molecular complexity index is 1880. The summed E-state index contributed by atoms with van der Waals surface area (Å²) in [6, 6.07) is 4.63. The molecule has 53 heavy (non-hydrogen) atoms. The number of fused-ring (bicyclic) bond motifs is 8. The summed E-state index contributed by atoms with van der Waals surface area (Å²) in [4.78, 5) is 41.2. The van der Waals surface area contributed by atoms with Crippen molar-refractivity contribution in [2.45, 2.75) is 124 Å². The molecule has 7 rings (SSSR count). The largest absolute Gasteiger partial charge is 0.489 e. The van der Waals surface area contributed by atoms with E-state index in [2.05, 4.69) is 66.7 Å². The molecular formula is C43H48O6S4. The average Bonchev–Trinajstić information content (AvgIpc) is 3.89. The molecule has 2 aromatic rings. The summed E-state index contributed by atoms with van der Waals surface area (Å²) in [5, 5.41) is 9.69. The predicted molar refractivity (Wildman–Crippen MR) is 220 cm³/mol. The number of carboxylic acid groups (broad SMARTS) is 1. The normalized spacial score (nSPS) is 22.4. The molecule has 0 amide bonds. The van der Waals surface area contributed by atoms with E-state index >= 15 is 0 Å². The highest BCUT2D eigenvalue weighted by atomic mass is 32.2. The van der Waals surface area contributed by atoms with Gasteiger partial charge in [0.1, 0.15) is 18.0 Å². The second kappa shape index (κ2) is 18.8. The van der Waals surface area contributed by atoms with Gasteiger partial charge in [-0.15, -0.1) is 34.4 Å². The number of Topliss-reactive ketones (excluding diaryl/α,β-unsaturated/α-hetero) is 1. The molecule has 6 nitrogen and oxygen atoms in total. The topological polar surface area (TPSA) is 89.9 Å². The van der Waals surface area contributed by atoms with Gasteiger partial charge in [-0.3, -0.25) is 14.4 Å². The van der Waals surface area contributed by atoms with Gasteiger partial charge in [0.15, 0.2) is 0 Å². The van der Waals surface area contributed by atoms with Gasteiger partial charge in [-0.2, -0.15) is 0 Å². The van der Waals surface area contributed by atoms with Crippen LogP contribution in [0.4, 0.5) is 0 Å². The SMILES string of the molecule is C=C(CC(=O)CCC)OC(CC1=CCCC=C1)c1cc2c(s1)/C=C1\C/C(=C\S2)C2c3sc(C(CC4=CCCC=C4)OC(=O)CCC)cc3SC12.O=CO. The van der Waals surface area contributed by atoms with Gasteiger partial charge in [0.05, 0.1) is 12.2 Å². The molecule has 4 atom stereocenters. The van der Waals surface area contributed by atoms with Crippen LogP contribution in [0.15, 0.2) is 98.4 Å². The van der Waals surface area contributed by atoms with Crippen molar-refractivity contribution in [1.82, 2.24) is 0 Å². The third kappa shape index (κ3) is 9.87. The second-order valence-corrected chi connectivity index (χ2v) is 18.2. The van der Waals surface area contributed by atoms with Crippen molar-refractivity contribution in [3.63, 3.8) is 0 Å². The smallest absolute Gasteiger partial charge is 0.306 e. The first kappa shape index (κ1) is 39.4. The van der Waals surface area contributed by atoms with Gasteiger partial charge in [0, 0.05) is 66.2 Å². The zero-order chi connectivity index (χ0) is 37.3. The van der Waals surface area contributed by atoms with Crippen LogP contribution in [0.2, 0.25) is 0 Å². The Kier molecular flexibility index (Phi) is 14.0. The van der Waals surface area contributed by atoms with Crippen LogP contribution in [0.1, 0.15) is 129 Å². The second-order valence-electron chi connectivity index (χ2n) is 13.8. The monoisotopic (exact) mass is 788 g/mol. The van der Waals surface area contributed by atoms with Crippen molar-refractivity contribution in [3.8, 4) is 0 Å². The van der Waals surface area contributed by atoms with E-state index in [0.717, 1.165) is 57.8 Å². The van der Waals surface area contributed by atoms with Crippen LogP contribution in [0.5, 0.6) is 0 Å². The summed E-state index contributed by atoms with van der Waals surface area (Å²) >= 11 is 7.50. The lowest BCUT2D eigenvalue weighted by Gasteiger charge is -2.21. The number of hydrogen-bond donors (Lipinski definition) is 1. The number of ether oxygens (including phenoxy) is 2. The van der Waals surface area contributed by atoms with E-state index in [9.17, 15) is 9.59 Å². The summed E-state index contributed by atoms with van der Waals surface area (Å²) < 4.78 is 12.6. The van der Waals surface area contributed by atoms with Gasteiger partial charge in [-0.05, 0) is 85.3 Å². The fourth-order valence-corrected chi connectivity index (χ4v) is 12.8. The number of thiophene rings is 2. The molecule has 2 aromatic heterocycles. The third-order valence-electron chi connectivity index (χ3n) is 9.73. The molecule has 2 bridgehead atoms. The summed E-state index contributed by atoms with van der Waals surface area (Å²) in [6.45, 7) is 7.97. The lowest BCUT2D eigenvalue weighted by atomic mass is 10.00. The number of hydrogen-bond acceptors (Lipinski definition) is 9. The Morgan fingerprint density at radius 1 is 0.906 bits per heavy atom. The average molecular weight is 789 g/mol. The van der Waals surface area contributed by atoms with Gasteiger partial charge in [0.2, 0.25) is 0 Å². The highest BCUT2D eigenvalue weighted by Crippen LogP contribution is 2.62. The summed E-state index contributed by atoms with van der Waals surface area (Å²) in [5.74, 6) is 1.01. The first-order valence-corrected chi connectivity index (χ1v) is 22.0. The van der Waals surface area contributed by atoms with Crippen LogP contribution in [-0.4, -0.2) is 28.6 Å². The minimum Gasteiger partial charge on any atom is -0.489 e. The third-order valence-corrected chi connectivity index (χ3v) is 14.9. The molecule has 1 fully saturated rings. The number of carbonyl (C=O) groups is 3. The molecular weight excluding hydrogens is 741 g/mol. The minimum absolute atomic E-state index is 0.106. The van der Waals surface area contributed by atoms with Crippen molar-refractivity contribution in [1.29, 1.82) is 0 Å². The number of thioether (sulfide) groups is 2. The van der Waals surface area contributed by atoms with E-state index in [1.165, 1.54) is 51.6 Å². The zero-order valence-electron chi connectivity index (χ0n) is 30.5.